The van der Waals surface area contributed by atoms with Gasteiger partial charge in [0.25, 0.3) is 0 Å². The molecular formula is C25H25N7O2S. The van der Waals surface area contributed by atoms with Crippen LogP contribution in [0, 0.1) is 6.92 Å². The minimum Gasteiger partial charge on any atom is -0.314 e. The Morgan fingerprint density at radius 3 is 2.34 bits per heavy atom. The van der Waals surface area contributed by atoms with E-state index >= 15 is 0 Å². The lowest BCUT2D eigenvalue weighted by Crippen LogP contribution is -2.53. The van der Waals surface area contributed by atoms with E-state index in [2.05, 4.69) is 30.0 Å². The molecule has 0 aliphatic carbocycles. The minimum atomic E-state index is -3.36. The van der Waals surface area contributed by atoms with Gasteiger partial charge in [0, 0.05) is 49.7 Å². The van der Waals surface area contributed by atoms with Crippen LogP contribution in [0.2, 0.25) is 0 Å². The standard InChI is InChI=1S/C25H25N7O2S/c1-17-3-2-4-23(29-17)25-28-12-10-21(31-25)14-20-9-11-27-24(30-20)13-18-5-7-19(8-6-18)32-35(33,34)22-15-26-16-22/h2-12,22,26,32H,13-16H2,1H3. The van der Waals surface area contributed by atoms with Gasteiger partial charge in [-0.05, 0) is 48.9 Å². The molecule has 5 rings (SSSR count). The van der Waals surface area contributed by atoms with E-state index in [9.17, 15) is 8.42 Å². The first-order valence-electron chi connectivity index (χ1n) is 11.3. The third-order valence-electron chi connectivity index (χ3n) is 5.72. The summed E-state index contributed by atoms with van der Waals surface area (Å²) in [6.45, 7) is 2.91. The SMILES string of the molecule is Cc1cccc(-c2nccc(Cc3ccnc(Cc4ccc(NS(=O)(=O)C5CNC5)cc4)n3)n2)n1. The number of rotatable bonds is 8. The van der Waals surface area contributed by atoms with Gasteiger partial charge in [0.2, 0.25) is 10.0 Å². The fourth-order valence-electron chi connectivity index (χ4n) is 3.70. The molecule has 2 N–H and O–H groups in total. The second-order valence-electron chi connectivity index (χ2n) is 8.48. The van der Waals surface area contributed by atoms with E-state index in [0.717, 1.165) is 28.3 Å². The molecule has 1 aliphatic rings. The van der Waals surface area contributed by atoms with Crippen LogP contribution in [-0.4, -0.2) is 51.7 Å². The Morgan fingerprint density at radius 2 is 1.63 bits per heavy atom. The molecule has 0 bridgehead atoms. The third kappa shape index (κ3) is 5.67. The van der Waals surface area contributed by atoms with Crippen molar-refractivity contribution in [2.45, 2.75) is 25.0 Å². The lowest BCUT2D eigenvalue weighted by atomic mass is 10.1. The highest BCUT2D eigenvalue weighted by molar-refractivity contribution is 7.93. The molecule has 178 valence electrons. The zero-order valence-electron chi connectivity index (χ0n) is 19.2. The van der Waals surface area contributed by atoms with Crippen LogP contribution < -0.4 is 10.0 Å². The van der Waals surface area contributed by atoms with Crippen LogP contribution in [0.1, 0.15) is 28.5 Å². The number of aromatic nitrogens is 5. The second kappa shape index (κ2) is 9.85. The maximum Gasteiger partial charge on any atom is 0.238 e. The molecule has 1 aromatic carbocycles. The first-order chi connectivity index (χ1) is 16.9. The smallest absolute Gasteiger partial charge is 0.238 e. The predicted octanol–water partition coefficient (Wildman–Crippen LogP) is 2.53. The van der Waals surface area contributed by atoms with Gasteiger partial charge in [-0.3, -0.25) is 4.72 Å². The highest BCUT2D eigenvalue weighted by Gasteiger charge is 2.30. The molecule has 0 atom stereocenters. The fraction of sp³-hybridized carbons (Fsp3) is 0.240. The summed E-state index contributed by atoms with van der Waals surface area (Å²) in [5.74, 6) is 1.27. The summed E-state index contributed by atoms with van der Waals surface area (Å²) >= 11 is 0. The summed E-state index contributed by atoms with van der Waals surface area (Å²) in [6, 6.07) is 16.8. The van der Waals surface area contributed by atoms with Gasteiger partial charge in [-0.2, -0.15) is 0 Å². The van der Waals surface area contributed by atoms with Gasteiger partial charge < -0.3 is 5.32 Å². The van der Waals surface area contributed by atoms with Crippen molar-refractivity contribution < 1.29 is 8.42 Å². The van der Waals surface area contributed by atoms with E-state index in [1.807, 2.05) is 49.4 Å². The van der Waals surface area contributed by atoms with Gasteiger partial charge in [0.05, 0.1) is 11.4 Å². The summed E-state index contributed by atoms with van der Waals surface area (Å²) in [4.78, 5) is 22.6. The Bertz CT molecular complexity index is 1440. The Labute approximate surface area is 204 Å². The average molecular weight is 488 g/mol. The highest BCUT2D eigenvalue weighted by atomic mass is 32.2. The summed E-state index contributed by atoms with van der Waals surface area (Å²) < 4.78 is 27.2. The minimum absolute atomic E-state index is 0.377. The van der Waals surface area contributed by atoms with Gasteiger partial charge in [-0.25, -0.2) is 33.3 Å². The van der Waals surface area contributed by atoms with Crippen LogP contribution in [0.4, 0.5) is 5.69 Å². The molecule has 1 saturated heterocycles. The van der Waals surface area contributed by atoms with Gasteiger partial charge in [-0.1, -0.05) is 18.2 Å². The molecular weight excluding hydrogens is 462 g/mol. The van der Waals surface area contributed by atoms with Crippen molar-refractivity contribution in [3.8, 4) is 11.5 Å². The molecule has 3 aromatic heterocycles. The van der Waals surface area contributed by atoms with E-state index in [4.69, 9.17) is 4.98 Å². The number of nitrogens with one attached hydrogen (secondary N) is 2. The number of pyridine rings is 1. The van der Waals surface area contributed by atoms with E-state index < -0.39 is 10.0 Å². The Balaban J connectivity index is 1.25. The molecule has 0 radical (unpaired) electrons. The third-order valence-corrected chi connectivity index (χ3v) is 7.45. The number of aryl methyl sites for hydroxylation is 1. The lowest BCUT2D eigenvalue weighted by molar-refractivity contribution is 0.498. The van der Waals surface area contributed by atoms with Crippen LogP contribution >= 0.6 is 0 Å². The van der Waals surface area contributed by atoms with E-state index in [1.165, 1.54) is 0 Å². The zero-order valence-corrected chi connectivity index (χ0v) is 20.0. The number of hydrogen-bond acceptors (Lipinski definition) is 8. The summed E-state index contributed by atoms with van der Waals surface area (Å²) in [5.41, 5.74) is 4.91. The quantitative estimate of drug-likeness (QED) is 0.389. The van der Waals surface area contributed by atoms with E-state index in [1.54, 1.807) is 24.5 Å². The number of sulfonamides is 1. The average Bonchev–Trinajstić information content (AvgIpc) is 2.79. The number of hydrogen-bond donors (Lipinski definition) is 2. The van der Waals surface area contributed by atoms with Crippen molar-refractivity contribution in [1.82, 2.24) is 30.2 Å². The molecule has 4 heterocycles. The van der Waals surface area contributed by atoms with Gasteiger partial charge in [0.15, 0.2) is 5.82 Å². The Morgan fingerprint density at radius 1 is 0.886 bits per heavy atom. The zero-order chi connectivity index (χ0) is 24.3. The molecule has 1 fully saturated rings. The molecule has 0 unspecified atom stereocenters. The first-order valence-corrected chi connectivity index (χ1v) is 12.9. The highest BCUT2D eigenvalue weighted by Crippen LogP contribution is 2.17. The van der Waals surface area contributed by atoms with Gasteiger partial charge >= 0.3 is 0 Å². The fourth-order valence-corrected chi connectivity index (χ4v) is 5.00. The summed E-state index contributed by atoms with van der Waals surface area (Å²) in [6.07, 6.45) is 4.57. The van der Waals surface area contributed by atoms with Gasteiger partial charge in [-0.15, -0.1) is 0 Å². The molecule has 4 aromatic rings. The largest absolute Gasteiger partial charge is 0.314 e. The van der Waals surface area contributed by atoms with E-state index in [0.29, 0.717) is 43.3 Å². The van der Waals surface area contributed by atoms with Crippen molar-refractivity contribution in [2.24, 2.45) is 0 Å². The molecule has 9 nitrogen and oxygen atoms in total. The molecule has 0 saturated carbocycles. The van der Waals surface area contributed by atoms with Crippen LogP contribution in [0.25, 0.3) is 11.5 Å². The molecule has 0 amide bonds. The summed E-state index contributed by atoms with van der Waals surface area (Å²) in [7, 11) is -3.36. The van der Waals surface area contributed by atoms with Crippen molar-refractivity contribution in [3.63, 3.8) is 0 Å². The number of anilines is 1. The molecule has 1 aliphatic heterocycles. The Kier molecular flexibility index (Phi) is 6.47. The van der Waals surface area contributed by atoms with Crippen LogP contribution in [0.15, 0.2) is 67.0 Å². The normalized spacial score (nSPS) is 13.9. The summed E-state index contributed by atoms with van der Waals surface area (Å²) in [5, 5.41) is 2.60. The number of benzene rings is 1. The van der Waals surface area contributed by atoms with Crippen LogP contribution in [-0.2, 0) is 22.9 Å². The van der Waals surface area contributed by atoms with Gasteiger partial charge in [0.1, 0.15) is 16.8 Å². The first kappa shape index (κ1) is 23.0. The maximum absolute atomic E-state index is 12.3. The van der Waals surface area contributed by atoms with Crippen LogP contribution in [0.3, 0.4) is 0 Å². The number of nitrogens with zero attached hydrogens (tertiary/aromatic N) is 5. The van der Waals surface area contributed by atoms with E-state index in [-0.39, 0.29) is 5.25 Å². The topological polar surface area (TPSA) is 123 Å². The van der Waals surface area contributed by atoms with Crippen molar-refractivity contribution in [1.29, 1.82) is 0 Å². The van der Waals surface area contributed by atoms with Crippen LogP contribution in [0.5, 0.6) is 0 Å². The second-order valence-corrected chi connectivity index (χ2v) is 10.4. The Hall–Kier alpha value is -3.76. The molecule has 35 heavy (non-hydrogen) atoms. The predicted molar refractivity (Wildman–Crippen MR) is 133 cm³/mol. The monoisotopic (exact) mass is 487 g/mol. The van der Waals surface area contributed by atoms with Crippen molar-refractivity contribution in [3.05, 3.63) is 95.5 Å². The maximum atomic E-state index is 12.3. The van der Waals surface area contributed by atoms with Crippen molar-refractivity contribution >= 4 is 15.7 Å². The van der Waals surface area contributed by atoms with Crippen molar-refractivity contribution in [2.75, 3.05) is 17.8 Å². The molecule has 10 heteroatoms. The molecule has 0 spiro atoms. The lowest BCUT2D eigenvalue weighted by Gasteiger charge is -2.27.